The summed E-state index contributed by atoms with van der Waals surface area (Å²) >= 11 is 0. The molecule has 0 aliphatic carbocycles. The molecule has 4 rings (SSSR count). The molecule has 4 aromatic rings. The van der Waals surface area contributed by atoms with E-state index in [1.54, 1.807) is 37.6 Å². The number of methoxy groups -OCH3 is 1. The van der Waals surface area contributed by atoms with Crippen molar-refractivity contribution < 1.29 is 4.74 Å². The minimum absolute atomic E-state index is 0.0326. The molecule has 8 nitrogen and oxygen atoms in total. The molecule has 0 unspecified atom stereocenters. The van der Waals surface area contributed by atoms with Crippen molar-refractivity contribution in [1.29, 1.82) is 5.26 Å². The zero-order valence-electron chi connectivity index (χ0n) is 16.9. The fourth-order valence-corrected chi connectivity index (χ4v) is 3.25. The Morgan fingerprint density at radius 1 is 1.13 bits per heavy atom. The Morgan fingerprint density at radius 3 is 2.58 bits per heavy atom. The molecule has 2 heterocycles. The normalized spacial score (nSPS) is 10.5. The van der Waals surface area contributed by atoms with E-state index in [1.165, 1.54) is 0 Å². The Morgan fingerprint density at radius 2 is 1.90 bits per heavy atom. The Hall–Kier alpha value is -4.38. The number of nitrogens with one attached hydrogen (secondary N) is 2. The first-order valence-electron chi connectivity index (χ1n) is 9.65. The Kier molecular flexibility index (Phi) is 5.76. The van der Waals surface area contributed by atoms with Crippen LogP contribution in [-0.2, 0) is 13.1 Å². The molecule has 0 amide bonds. The largest absolute Gasteiger partial charge is 0.497 e. The Bertz CT molecular complexity index is 1270. The molecule has 0 spiro atoms. The first-order chi connectivity index (χ1) is 15.2. The third-order valence-electron chi connectivity index (χ3n) is 4.85. The molecule has 8 heteroatoms. The Labute approximate surface area is 178 Å². The first kappa shape index (κ1) is 19.9. The van der Waals surface area contributed by atoms with Crippen molar-refractivity contribution in [2.45, 2.75) is 13.1 Å². The number of aromatic nitrogens is 4. The van der Waals surface area contributed by atoms with Gasteiger partial charge in [0.2, 0.25) is 5.95 Å². The zero-order valence-corrected chi connectivity index (χ0v) is 16.9. The summed E-state index contributed by atoms with van der Waals surface area (Å²) < 4.78 is 7.02. The first-order valence-corrected chi connectivity index (χ1v) is 9.65. The van der Waals surface area contributed by atoms with Gasteiger partial charge in [-0.1, -0.05) is 24.3 Å². The van der Waals surface area contributed by atoms with Crippen molar-refractivity contribution in [3.8, 4) is 23.1 Å². The van der Waals surface area contributed by atoms with Gasteiger partial charge in [0, 0.05) is 24.5 Å². The second kappa shape index (κ2) is 8.97. The van der Waals surface area contributed by atoms with E-state index in [2.05, 4.69) is 20.4 Å². The van der Waals surface area contributed by atoms with Gasteiger partial charge in [0.15, 0.2) is 0 Å². The van der Waals surface area contributed by atoms with E-state index in [9.17, 15) is 10.1 Å². The highest BCUT2D eigenvalue weighted by molar-refractivity contribution is 5.67. The van der Waals surface area contributed by atoms with Crippen LogP contribution < -0.4 is 15.6 Å². The lowest BCUT2D eigenvalue weighted by Crippen LogP contribution is -2.17. The summed E-state index contributed by atoms with van der Waals surface area (Å²) in [6, 6.07) is 18.9. The third kappa shape index (κ3) is 4.46. The molecule has 0 aliphatic heterocycles. The van der Waals surface area contributed by atoms with Gasteiger partial charge in [-0.3, -0.25) is 14.5 Å². The van der Waals surface area contributed by atoms with E-state index in [1.807, 2.05) is 47.3 Å². The van der Waals surface area contributed by atoms with Crippen LogP contribution in [0, 0.1) is 11.3 Å². The van der Waals surface area contributed by atoms with Crippen LogP contribution in [0.15, 0.2) is 71.8 Å². The van der Waals surface area contributed by atoms with Gasteiger partial charge in [0.05, 0.1) is 19.3 Å². The van der Waals surface area contributed by atoms with E-state index in [0.717, 1.165) is 11.1 Å². The highest BCUT2D eigenvalue weighted by atomic mass is 16.5. The van der Waals surface area contributed by atoms with Crippen LogP contribution in [0.25, 0.3) is 11.3 Å². The standard InChI is InChI=1S/C23H20N6O2/c1-31-19-9-7-16(8-10-19)21-20(13-24)22(30)28-23(27-21)25-14-17-5-2-3-6-18(17)15-29-12-4-11-26-29/h2-12H,14-15H2,1H3,(H2,25,27,28,30). The lowest BCUT2D eigenvalue weighted by molar-refractivity contribution is 0.415. The number of H-pyrrole nitrogens is 1. The summed E-state index contributed by atoms with van der Waals surface area (Å²) in [6.07, 6.45) is 3.65. The van der Waals surface area contributed by atoms with Crippen LogP contribution in [-0.4, -0.2) is 26.9 Å². The quantitative estimate of drug-likeness (QED) is 0.483. The van der Waals surface area contributed by atoms with E-state index >= 15 is 0 Å². The van der Waals surface area contributed by atoms with Gasteiger partial charge < -0.3 is 10.1 Å². The van der Waals surface area contributed by atoms with Gasteiger partial charge in [-0.2, -0.15) is 10.4 Å². The van der Waals surface area contributed by atoms with Crippen LogP contribution in [0.1, 0.15) is 16.7 Å². The SMILES string of the molecule is COc1ccc(-c2nc(NCc3ccccc3Cn3cccn3)[nH]c(=O)c2C#N)cc1. The summed E-state index contributed by atoms with van der Waals surface area (Å²) in [4.78, 5) is 19.6. The van der Waals surface area contributed by atoms with E-state index in [-0.39, 0.29) is 5.56 Å². The topological polar surface area (TPSA) is 109 Å². The number of anilines is 1. The van der Waals surface area contributed by atoms with Crippen molar-refractivity contribution in [2.75, 3.05) is 12.4 Å². The number of benzene rings is 2. The molecular formula is C23H20N6O2. The number of ether oxygens (including phenoxy) is 1. The summed E-state index contributed by atoms with van der Waals surface area (Å²) in [6.45, 7) is 1.09. The molecule has 2 aromatic heterocycles. The molecule has 0 saturated carbocycles. The highest BCUT2D eigenvalue weighted by Crippen LogP contribution is 2.23. The highest BCUT2D eigenvalue weighted by Gasteiger charge is 2.14. The molecule has 0 bridgehead atoms. The molecule has 2 N–H and O–H groups in total. The van der Waals surface area contributed by atoms with Crippen LogP contribution in [0.2, 0.25) is 0 Å². The predicted molar refractivity (Wildman–Crippen MR) is 117 cm³/mol. The molecule has 2 aromatic carbocycles. The van der Waals surface area contributed by atoms with E-state index in [0.29, 0.717) is 36.0 Å². The fraction of sp³-hybridized carbons (Fsp3) is 0.130. The van der Waals surface area contributed by atoms with Gasteiger partial charge in [-0.25, -0.2) is 4.98 Å². The smallest absolute Gasteiger partial charge is 0.270 e. The predicted octanol–water partition coefficient (Wildman–Crippen LogP) is 3.17. The number of rotatable bonds is 7. The molecular weight excluding hydrogens is 392 g/mol. The molecule has 0 atom stereocenters. The van der Waals surface area contributed by atoms with Crippen molar-refractivity contribution in [3.05, 3.63) is 94.0 Å². The van der Waals surface area contributed by atoms with Crippen molar-refractivity contribution in [3.63, 3.8) is 0 Å². The van der Waals surface area contributed by atoms with Gasteiger partial charge in [0.1, 0.15) is 17.4 Å². The molecule has 154 valence electrons. The molecule has 0 radical (unpaired) electrons. The lowest BCUT2D eigenvalue weighted by Gasteiger charge is -2.12. The van der Waals surface area contributed by atoms with Crippen LogP contribution in [0.5, 0.6) is 5.75 Å². The molecule has 0 fully saturated rings. The summed E-state index contributed by atoms with van der Waals surface area (Å²) in [5.74, 6) is 0.975. The summed E-state index contributed by atoms with van der Waals surface area (Å²) in [5, 5.41) is 16.9. The molecule has 31 heavy (non-hydrogen) atoms. The monoisotopic (exact) mass is 412 g/mol. The molecule has 0 saturated heterocycles. The van der Waals surface area contributed by atoms with Crippen LogP contribution in [0.3, 0.4) is 0 Å². The second-order valence-corrected chi connectivity index (χ2v) is 6.80. The van der Waals surface area contributed by atoms with Crippen LogP contribution in [0.4, 0.5) is 5.95 Å². The minimum Gasteiger partial charge on any atom is -0.497 e. The molecule has 0 aliphatic rings. The average Bonchev–Trinajstić information content (AvgIpc) is 3.31. The van der Waals surface area contributed by atoms with Crippen molar-refractivity contribution in [1.82, 2.24) is 19.7 Å². The number of nitriles is 1. The summed E-state index contributed by atoms with van der Waals surface area (Å²) in [7, 11) is 1.58. The maximum Gasteiger partial charge on any atom is 0.270 e. The van der Waals surface area contributed by atoms with E-state index in [4.69, 9.17) is 4.74 Å². The van der Waals surface area contributed by atoms with Gasteiger partial charge in [0.25, 0.3) is 5.56 Å². The lowest BCUT2D eigenvalue weighted by atomic mass is 10.1. The number of hydrogen-bond acceptors (Lipinski definition) is 6. The number of aromatic amines is 1. The van der Waals surface area contributed by atoms with Crippen molar-refractivity contribution >= 4 is 5.95 Å². The number of hydrogen-bond donors (Lipinski definition) is 2. The van der Waals surface area contributed by atoms with E-state index < -0.39 is 5.56 Å². The number of nitrogens with zero attached hydrogens (tertiary/aromatic N) is 4. The van der Waals surface area contributed by atoms with Gasteiger partial charge in [-0.05, 0) is 41.5 Å². The van der Waals surface area contributed by atoms with Crippen molar-refractivity contribution in [2.24, 2.45) is 0 Å². The third-order valence-corrected chi connectivity index (χ3v) is 4.85. The van der Waals surface area contributed by atoms with Gasteiger partial charge >= 0.3 is 0 Å². The minimum atomic E-state index is -0.490. The second-order valence-electron chi connectivity index (χ2n) is 6.80. The fourth-order valence-electron chi connectivity index (χ4n) is 3.25. The summed E-state index contributed by atoms with van der Waals surface area (Å²) in [5.41, 5.74) is 2.61. The zero-order chi connectivity index (χ0) is 21.6. The Balaban J connectivity index is 1.61. The average molecular weight is 412 g/mol. The van der Waals surface area contributed by atoms with Gasteiger partial charge in [-0.15, -0.1) is 0 Å². The maximum absolute atomic E-state index is 12.5. The maximum atomic E-state index is 12.5. The van der Waals surface area contributed by atoms with Crippen LogP contribution >= 0.6 is 0 Å².